The van der Waals surface area contributed by atoms with E-state index < -0.39 is 0 Å². The standard InChI is InChI=1S/C21H20N6O2/c1-28-16-9-15(10-17(11-16)29-2)19-25-21(27-26-19)18-6-4-8-23-20(18)24-13-14-5-3-7-22-12-14/h3-12H,13H2,1-2H3,(H,23,24)(H,25,26,27). The zero-order valence-electron chi connectivity index (χ0n) is 16.1. The molecule has 0 bridgehead atoms. The van der Waals surface area contributed by atoms with Gasteiger partial charge in [-0.05, 0) is 35.9 Å². The van der Waals surface area contributed by atoms with Crippen LogP contribution in [0.4, 0.5) is 5.82 Å². The van der Waals surface area contributed by atoms with Gasteiger partial charge >= 0.3 is 0 Å². The lowest BCUT2D eigenvalue weighted by molar-refractivity contribution is 0.394. The Morgan fingerprint density at radius 1 is 1.00 bits per heavy atom. The van der Waals surface area contributed by atoms with Crippen LogP contribution < -0.4 is 14.8 Å². The van der Waals surface area contributed by atoms with Crippen LogP contribution in [0.5, 0.6) is 11.5 Å². The van der Waals surface area contributed by atoms with Gasteiger partial charge in [0.15, 0.2) is 11.6 Å². The second-order valence-corrected chi connectivity index (χ2v) is 6.22. The zero-order valence-corrected chi connectivity index (χ0v) is 16.1. The van der Waals surface area contributed by atoms with Crippen LogP contribution >= 0.6 is 0 Å². The molecule has 0 aliphatic rings. The monoisotopic (exact) mass is 388 g/mol. The first-order valence-electron chi connectivity index (χ1n) is 9.01. The predicted octanol–water partition coefficient (Wildman–Crippen LogP) is 3.56. The Labute approximate surface area is 168 Å². The molecule has 0 atom stereocenters. The van der Waals surface area contributed by atoms with Crippen LogP contribution in [0.15, 0.2) is 61.1 Å². The average Bonchev–Trinajstić information content (AvgIpc) is 3.28. The van der Waals surface area contributed by atoms with Crippen molar-refractivity contribution in [2.24, 2.45) is 0 Å². The number of ether oxygens (including phenoxy) is 2. The average molecular weight is 388 g/mol. The third-order valence-electron chi connectivity index (χ3n) is 4.34. The molecule has 3 heterocycles. The number of nitrogens with zero attached hydrogens (tertiary/aromatic N) is 4. The van der Waals surface area contributed by atoms with Gasteiger partial charge in [0.2, 0.25) is 0 Å². The third-order valence-corrected chi connectivity index (χ3v) is 4.34. The van der Waals surface area contributed by atoms with Crippen molar-refractivity contribution in [1.29, 1.82) is 0 Å². The number of rotatable bonds is 7. The highest BCUT2D eigenvalue weighted by Gasteiger charge is 2.14. The van der Waals surface area contributed by atoms with Gasteiger partial charge in [-0.25, -0.2) is 9.97 Å². The summed E-state index contributed by atoms with van der Waals surface area (Å²) < 4.78 is 10.7. The number of nitrogens with one attached hydrogen (secondary N) is 2. The molecule has 8 nitrogen and oxygen atoms in total. The van der Waals surface area contributed by atoms with Gasteiger partial charge in [-0.2, -0.15) is 5.10 Å². The molecule has 8 heteroatoms. The summed E-state index contributed by atoms with van der Waals surface area (Å²) in [4.78, 5) is 13.2. The minimum absolute atomic E-state index is 0.541. The first-order chi connectivity index (χ1) is 14.3. The summed E-state index contributed by atoms with van der Waals surface area (Å²) in [5.74, 6) is 3.21. The fraction of sp³-hybridized carbons (Fsp3) is 0.143. The van der Waals surface area contributed by atoms with E-state index in [0.717, 1.165) is 16.7 Å². The van der Waals surface area contributed by atoms with Crippen molar-refractivity contribution in [2.45, 2.75) is 6.54 Å². The second-order valence-electron chi connectivity index (χ2n) is 6.22. The van der Waals surface area contributed by atoms with E-state index in [2.05, 4.69) is 30.5 Å². The number of H-pyrrole nitrogens is 1. The van der Waals surface area contributed by atoms with Gasteiger partial charge in [-0.3, -0.25) is 10.1 Å². The fourth-order valence-corrected chi connectivity index (χ4v) is 2.87. The van der Waals surface area contributed by atoms with Gasteiger partial charge in [0, 0.05) is 36.8 Å². The van der Waals surface area contributed by atoms with E-state index in [9.17, 15) is 0 Å². The summed E-state index contributed by atoms with van der Waals surface area (Å²) in [6.07, 6.45) is 5.30. The molecule has 0 amide bonds. The van der Waals surface area contributed by atoms with Crippen LogP contribution in [0, 0.1) is 0 Å². The summed E-state index contributed by atoms with van der Waals surface area (Å²) in [6, 6.07) is 13.2. The predicted molar refractivity (Wildman–Crippen MR) is 110 cm³/mol. The first kappa shape index (κ1) is 18.4. The molecule has 0 spiro atoms. The molecule has 0 unspecified atom stereocenters. The Bertz CT molecular complexity index is 1080. The first-order valence-corrected chi connectivity index (χ1v) is 9.01. The molecule has 146 valence electrons. The van der Waals surface area contributed by atoms with E-state index in [1.165, 1.54) is 0 Å². The van der Waals surface area contributed by atoms with Crippen LogP contribution in [0.1, 0.15) is 5.56 Å². The molecule has 0 saturated carbocycles. The van der Waals surface area contributed by atoms with Gasteiger partial charge in [0.1, 0.15) is 17.3 Å². The van der Waals surface area contributed by atoms with Gasteiger partial charge < -0.3 is 14.8 Å². The van der Waals surface area contributed by atoms with E-state index in [-0.39, 0.29) is 0 Å². The molecular formula is C21H20N6O2. The molecule has 0 fully saturated rings. The summed E-state index contributed by atoms with van der Waals surface area (Å²) >= 11 is 0. The summed E-state index contributed by atoms with van der Waals surface area (Å²) in [7, 11) is 3.22. The van der Waals surface area contributed by atoms with E-state index >= 15 is 0 Å². The molecule has 0 aliphatic heterocycles. The van der Waals surface area contributed by atoms with Crippen LogP contribution in [-0.4, -0.2) is 39.4 Å². The highest BCUT2D eigenvalue weighted by Crippen LogP contribution is 2.30. The Morgan fingerprint density at radius 2 is 1.79 bits per heavy atom. The van der Waals surface area contributed by atoms with E-state index in [4.69, 9.17) is 9.47 Å². The number of methoxy groups -OCH3 is 2. The lowest BCUT2D eigenvalue weighted by Crippen LogP contribution is -2.03. The number of hydrogen-bond donors (Lipinski definition) is 2. The normalized spacial score (nSPS) is 10.6. The van der Waals surface area contributed by atoms with Gasteiger partial charge in [-0.15, -0.1) is 0 Å². The van der Waals surface area contributed by atoms with Crippen LogP contribution in [0.3, 0.4) is 0 Å². The van der Waals surface area contributed by atoms with Crippen molar-refractivity contribution in [3.8, 4) is 34.3 Å². The van der Waals surface area contributed by atoms with Gasteiger partial charge in [0.25, 0.3) is 0 Å². The number of aromatic amines is 1. The lowest BCUT2D eigenvalue weighted by Gasteiger charge is -2.09. The van der Waals surface area contributed by atoms with E-state index in [0.29, 0.717) is 35.5 Å². The van der Waals surface area contributed by atoms with E-state index in [1.54, 1.807) is 32.7 Å². The highest BCUT2D eigenvalue weighted by molar-refractivity contribution is 5.71. The van der Waals surface area contributed by atoms with Crippen LogP contribution in [0.2, 0.25) is 0 Å². The number of aromatic nitrogens is 5. The molecule has 29 heavy (non-hydrogen) atoms. The smallest absolute Gasteiger partial charge is 0.181 e. The molecule has 1 aromatic carbocycles. The SMILES string of the molecule is COc1cc(OC)cc(-c2n[nH]c(-c3cccnc3NCc3cccnc3)n2)c1. The van der Waals surface area contributed by atoms with Crippen molar-refractivity contribution in [2.75, 3.05) is 19.5 Å². The van der Waals surface area contributed by atoms with Crippen molar-refractivity contribution in [3.05, 3.63) is 66.6 Å². The van der Waals surface area contributed by atoms with Crippen molar-refractivity contribution in [3.63, 3.8) is 0 Å². The van der Waals surface area contributed by atoms with Crippen LogP contribution in [0.25, 0.3) is 22.8 Å². The summed E-state index contributed by atoms with van der Waals surface area (Å²) in [5, 5.41) is 10.7. The van der Waals surface area contributed by atoms with Gasteiger partial charge in [-0.1, -0.05) is 6.07 Å². The maximum Gasteiger partial charge on any atom is 0.181 e. The number of hydrogen-bond acceptors (Lipinski definition) is 7. The molecular weight excluding hydrogens is 368 g/mol. The second kappa shape index (κ2) is 8.39. The highest BCUT2D eigenvalue weighted by atomic mass is 16.5. The lowest BCUT2D eigenvalue weighted by atomic mass is 10.2. The minimum Gasteiger partial charge on any atom is -0.497 e. The fourth-order valence-electron chi connectivity index (χ4n) is 2.87. The van der Waals surface area contributed by atoms with E-state index in [1.807, 2.05) is 42.6 Å². The number of pyridine rings is 2. The zero-order chi connectivity index (χ0) is 20.1. The van der Waals surface area contributed by atoms with Crippen molar-refractivity contribution in [1.82, 2.24) is 25.1 Å². The van der Waals surface area contributed by atoms with Crippen molar-refractivity contribution >= 4 is 5.82 Å². The minimum atomic E-state index is 0.541. The quantitative estimate of drug-likeness (QED) is 0.499. The molecule has 4 rings (SSSR count). The molecule has 3 aromatic heterocycles. The Kier molecular flexibility index (Phi) is 5.33. The Morgan fingerprint density at radius 3 is 2.52 bits per heavy atom. The molecule has 0 saturated heterocycles. The third kappa shape index (κ3) is 4.16. The number of benzene rings is 1. The molecule has 0 aliphatic carbocycles. The maximum atomic E-state index is 5.33. The number of anilines is 1. The largest absolute Gasteiger partial charge is 0.497 e. The van der Waals surface area contributed by atoms with Crippen molar-refractivity contribution < 1.29 is 9.47 Å². The Hall–Kier alpha value is -3.94. The maximum absolute atomic E-state index is 5.33. The summed E-state index contributed by atoms with van der Waals surface area (Å²) in [5.41, 5.74) is 2.67. The molecule has 0 radical (unpaired) electrons. The van der Waals surface area contributed by atoms with Gasteiger partial charge in [0.05, 0.1) is 19.8 Å². The molecule has 2 N–H and O–H groups in total. The Balaban J connectivity index is 1.62. The van der Waals surface area contributed by atoms with Crippen LogP contribution in [-0.2, 0) is 6.54 Å². The summed E-state index contributed by atoms with van der Waals surface area (Å²) in [6.45, 7) is 0.603. The topological polar surface area (TPSA) is 97.8 Å². The molecule has 4 aromatic rings.